The molecule has 0 saturated carbocycles. The summed E-state index contributed by atoms with van der Waals surface area (Å²) in [7, 11) is 1.67. The van der Waals surface area contributed by atoms with Gasteiger partial charge in [0.15, 0.2) is 0 Å². The van der Waals surface area contributed by atoms with E-state index in [-0.39, 0.29) is 30.3 Å². The van der Waals surface area contributed by atoms with E-state index >= 15 is 0 Å². The Bertz CT molecular complexity index is 424. The summed E-state index contributed by atoms with van der Waals surface area (Å²) < 4.78 is 5.33. The molecule has 0 heterocycles. The fourth-order valence-electron chi connectivity index (χ4n) is 2.15. The monoisotopic (exact) mass is 314 g/mol. The highest BCUT2D eigenvalue weighted by molar-refractivity contribution is 5.85. The molecule has 1 rings (SSSR count). The lowest BCUT2D eigenvalue weighted by molar-refractivity contribution is -0.121. The Morgan fingerprint density at radius 3 is 2.62 bits per heavy atom. The van der Waals surface area contributed by atoms with Gasteiger partial charge in [0, 0.05) is 19.0 Å². The zero-order chi connectivity index (χ0) is 15.0. The molecule has 0 spiro atoms. The maximum Gasteiger partial charge on any atom is 0.220 e. The Hall–Kier alpha value is -1.26. The van der Waals surface area contributed by atoms with E-state index < -0.39 is 0 Å². The highest BCUT2D eigenvalue weighted by atomic mass is 35.5. The average molecular weight is 315 g/mol. The molecular weight excluding hydrogens is 288 g/mol. The predicted octanol–water partition coefficient (Wildman–Crippen LogP) is 2.54. The van der Waals surface area contributed by atoms with Crippen molar-refractivity contribution in [1.82, 2.24) is 5.32 Å². The van der Waals surface area contributed by atoms with Gasteiger partial charge in [-0.15, -0.1) is 12.4 Å². The molecule has 4 nitrogen and oxygen atoms in total. The van der Waals surface area contributed by atoms with Crippen LogP contribution in [0.1, 0.15) is 32.3 Å². The van der Waals surface area contributed by atoms with Gasteiger partial charge in [-0.3, -0.25) is 4.79 Å². The molecule has 1 aromatic carbocycles. The number of hydrogen-bond acceptors (Lipinski definition) is 3. The first-order valence-electron chi connectivity index (χ1n) is 7.17. The van der Waals surface area contributed by atoms with Gasteiger partial charge in [-0.25, -0.2) is 0 Å². The van der Waals surface area contributed by atoms with Crippen LogP contribution in [0.4, 0.5) is 0 Å². The summed E-state index contributed by atoms with van der Waals surface area (Å²) in [4.78, 5) is 11.8. The number of ether oxygens (including phenoxy) is 1. The maximum atomic E-state index is 11.8. The number of nitrogens with one attached hydrogen (secondary N) is 1. The van der Waals surface area contributed by atoms with Crippen molar-refractivity contribution in [3.05, 3.63) is 29.8 Å². The number of halogens is 1. The second-order valence-electron chi connectivity index (χ2n) is 5.44. The van der Waals surface area contributed by atoms with Crippen LogP contribution in [0, 0.1) is 5.92 Å². The number of amides is 1. The highest BCUT2D eigenvalue weighted by Gasteiger charge is 2.12. The lowest BCUT2D eigenvalue weighted by Crippen LogP contribution is -2.30. The summed E-state index contributed by atoms with van der Waals surface area (Å²) >= 11 is 0. The average Bonchev–Trinajstić information content (AvgIpc) is 2.38. The van der Waals surface area contributed by atoms with Crippen molar-refractivity contribution in [2.24, 2.45) is 11.7 Å². The molecule has 120 valence electrons. The second kappa shape index (κ2) is 10.5. The molecule has 2 atom stereocenters. The molecule has 2 unspecified atom stereocenters. The molecule has 1 amide bonds. The van der Waals surface area contributed by atoms with Crippen LogP contribution in [0.5, 0.6) is 5.75 Å². The van der Waals surface area contributed by atoms with Crippen LogP contribution in [0.2, 0.25) is 0 Å². The van der Waals surface area contributed by atoms with Crippen molar-refractivity contribution < 1.29 is 9.53 Å². The van der Waals surface area contributed by atoms with E-state index in [4.69, 9.17) is 10.5 Å². The molecule has 0 fully saturated rings. The fraction of sp³-hybridized carbons (Fsp3) is 0.562. The lowest BCUT2D eigenvalue weighted by atomic mass is 9.97. The molecular formula is C16H27ClN2O2. The van der Waals surface area contributed by atoms with E-state index in [2.05, 4.69) is 12.2 Å². The van der Waals surface area contributed by atoms with Gasteiger partial charge in [0.05, 0.1) is 7.11 Å². The van der Waals surface area contributed by atoms with E-state index in [0.717, 1.165) is 24.2 Å². The van der Waals surface area contributed by atoms with Crippen molar-refractivity contribution in [3.63, 3.8) is 0 Å². The number of benzene rings is 1. The third-order valence-electron chi connectivity index (χ3n) is 3.22. The maximum absolute atomic E-state index is 11.8. The first-order chi connectivity index (χ1) is 9.52. The molecule has 0 aromatic heterocycles. The molecule has 21 heavy (non-hydrogen) atoms. The number of methoxy groups -OCH3 is 1. The first kappa shape index (κ1) is 19.7. The molecule has 0 bridgehead atoms. The number of carbonyl (C=O) groups excluding carboxylic acids is 1. The zero-order valence-corrected chi connectivity index (χ0v) is 13.9. The number of nitrogens with two attached hydrogens (primary N) is 1. The minimum Gasteiger partial charge on any atom is -0.496 e. The Kier molecular flexibility index (Phi) is 9.84. The van der Waals surface area contributed by atoms with Crippen LogP contribution < -0.4 is 15.8 Å². The Balaban J connectivity index is 0.00000400. The van der Waals surface area contributed by atoms with Crippen molar-refractivity contribution >= 4 is 18.3 Å². The zero-order valence-electron chi connectivity index (χ0n) is 13.1. The van der Waals surface area contributed by atoms with Crippen molar-refractivity contribution in [2.45, 2.75) is 39.2 Å². The Morgan fingerprint density at radius 1 is 1.33 bits per heavy atom. The summed E-state index contributed by atoms with van der Waals surface area (Å²) in [6, 6.07) is 8.07. The van der Waals surface area contributed by atoms with Crippen LogP contribution >= 0.6 is 12.4 Å². The first-order valence-corrected chi connectivity index (χ1v) is 7.17. The van der Waals surface area contributed by atoms with E-state index in [1.165, 1.54) is 0 Å². The third kappa shape index (κ3) is 7.93. The quantitative estimate of drug-likeness (QED) is 0.775. The van der Waals surface area contributed by atoms with Crippen molar-refractivity contribution in [1.29, 1.82) is 0 Å². The largest absolute Gasteiger partial charge is 0.496 e. The summed E-state index contributed by atoms with van der Waals surface area (Å²) in [5, 5.41) is 2.91. The van der Waals surface area contributed by atoms with Crippen LogP contribution in [0.25, 0.3) is 0 Å². The van der Waals surface area contributed by atoms with Gasteiger partial charge in [0.2, 0.25) is 5.91 Å². The normalized spacial score (nSPS) is 13.0. The van der Waals surface area contributed by atoms with Crippen LogP contribution in [-0.4, -0.2) is 25.6 Å². The Morgan fingerprint density at radius 2 is 2.00 bits per heavy atom. The summed E-state index contributed by atoms with van der Waals surface area (Å²) in [6.07, 6.45) is 2.17. The molecule has 0 aliphatic rings. The topological polar surface area (TPSA) is 64.3 Å². The summed E-state index contributed by atoms with van der Waals surface area (Å²) in [5.41, 5.74) is 6.79. The van der Waals surface area contributed by atoms with Gasteiger partial charge < -0.3 is 15.8 Å². The highest BCUT2D eigenvalue weighted by Crippen LogP contribution is 2.21. The number of hydrogen-bond donors (Lipinski definition) is 2. The molecule has 3 N–H and O–H groups in total. The molecule has 5 heteroatoms. The number of para-hydroxylation sites is 1. The molecule has 1 aromatic rings. The molecule has 0 aliphatic heterocycles. The van der Waals surface area contributed by atoms with E-state index in [0.29, 0.717) is 13.0 Å². The van der Waals surface area contributed by atoms with Crippen LogP contribution in [0.3, 0.4) is 0 Å². The lowest BCUT2D eigenvalue weighted by Gasteiger charge is -2.14. The standard InChI is InChI=1S/C16H26N2O2.ClH/c1-12(11-16(19)18-9-8-13(2)17)10-14-6-4-5-7-15(14)20-3;/h4-7,12-13H,8-11,17H2,1-3H3,(H,18,19);1H. The summed E-state index contributed by atoms with van der Waals surface area (Å²) in [6.45, 7) is 4.67. The van der Waals surface area contributed by atoms with E-state index in [1.807, 2.05) is 31.2 Å². The molecule has 0 aliphatic carbocycles. The van der Waals surface area contributed by atoms with Crippen molar-refractivity contribution in [3.8, 4) is 5.75 Å². The second-order valence-corrected chi connectivity index (χ2v) is 5.44. The minimum atomic E-state index is 0. The SMILES string of the molecule is COc1ccccc1CC(C)CC(=O)NCCC(C)N.Cl. The number of carbonyl (C=O) groups is 1. The minimum absolute atomic E-state index is 0. The smallest absolute Gasteiger partial charge is 0.220 e. The predicted molar refractivity (Wildman–Crippen MR) is 89.0 cm³/mol. The van der Waals surface area contributed by atoms with Crippen molar-refractivity contribution in [2.75, 3.05) is 13.7 Å². The van der Waals surface area contributed by atoms with Gasteiger partial charge in [0.1, 0.15) is 5.75 Å². The number of rotatable bonds is 8. The van der Waals surface area contributed by atoms with E-state index in [1.54, 1.807) is 7.11 Å². The van der Waals surface area contributed by atoms with Crippen LogP contribution in [-0.2, 0) is 11.2 Å². The van der Waals surface area contributed by atoms with Gasteiger partial charge in [0.25, 0.3) is 0 Å². The Labute approximate surface area is 133 Å². The van der Waals surface area contributed by atoms with Gasteiger partial charge in [-0.2, -0.15) is 0 Å². The third-order valence-corrected chi connectivity index (χ3v) is 3.22. The van der Waals surface area contributed by atoms with Gasteiger partial charge in [-0.1, -0.05) is 25.1 Å². The molecule has 0 radical (unpaired) electrons. The molecule has 0 saturated heterocycles. The van der Waals surface area contributed by atoms with Gasteiger partial charge >= 0.3 is 0 Å². The van der Waals surface area contributed by atoms with Crippen LogP contribution in [0.15, 0.2) is 24.3 Å². The van der Waals surface area contributed by atoms with E-state index in [9.17, 15) is 4.79 Å². The van der Waals surface area contributed by atoms with Gasteiger partial charge in [-0.05, 0) is 37.3 Å². The fourth-order valence-corrected chi connectivity index (χ4v) is 2.15. The summed E-state index contributed by atoms with van der Waals surface area (Å²) in [5.74, 6) is 1.26.